The molecule has 2 rings (SSSR count). The minimum absolute atomic E-state index is 0.0850. The molecule has 1 aromatic rings. The van der Waals surface area contributed by atoms with Crippen molar-refractivity contribution in [2.24, 2.45) is 0 Å². The third-order valence-corrected chi connectivity index (χ3v) is 3.17. The van der Waals surface area contributed by atoms with Gasteiger partial charge in [0.15, 0.2) is 11.5 Å². The average Bonchev–Trinajstić information content (AvgIpc) is 2.72. The quantitative estimate of drug-likeness (QED) is 0.786. The molecule has 0 unspecified atom stereocenters. The Labute approximate surface area is 131 Å². The minimum Gasteiger partial charge on any atom is -0.490 e. The van der Waals surface area contributed by atoms with E-state index < -0.39 is 0 Å². The lowest BCUT2D eigenvalue weighted by Crippen LogP contribution is -2.33. The molecule has 1 heterocycles. The fraction of sp³-hybridized carbons (Fsp3) is 0.353. The van der Waals surface area contributed by atoms with Crippen LogP contribution in [-0.2, 0) is 4.79 Å². The van der Waals surface area contributed by atoms with Gasteiger partial charge in [0.25, 0.3) is 0 Å². The van der Waals surface area contributed by atoms with Crippen LogP contribution in [0.4, 0.5) is 5.69 Å². The van der Waals surface area contributed by atoms with Crippen LogP contribution < -0.4 is 14.8 Å². The molecule has 1 amide bonds. The molecule has 1 aromatic carbocycles. The maximum absolute atomic E-state index is 12.1. The number of nitrogens with one attached hydrogen (secondary N) is 1. The molecule has 0 bridgehead atoms. The van der Waals surface area contributed by atoms with E-state index >= 15 is 0 Å². The molecule has 1 N–H and O–H groups in total. The van der Waals surface area contributed by atoms with Crippen molar-refractivity contribution in [2.45, 2.75) is 6.42 Å². The van der Waals surface area contributed by atoms with E-state index in [1.807, 2.05) is 17.0 Å². The molecule has 0 saturated carbocycles. The Morgan fingerprint density at radius 3 is 2.55 bits per heavy atom. The first-order valence-corrected chi connectivity index (χ1v) is 7.36. The number of carbonyl (C=O) groups excluding carboxylic acids is 1. The van der Waals surface area contributed by atoms with Crippen molar-refractivity contribution in [2.75, 3.05) is 38.2 Å². The van der Waals surface area contributed by atoms with Gasteiger partial charge in [-0.3, -0.25) is 9.69 Å². The lowest BCUT2D eigenvalue weighted by Gasteiger charge is -2.18. The van der Waals surface area contributed by atoms with E-state index in [-0.39, 0.29) is 12.5 Å². The van der Waals surface area contributed by atoms with Crippen molar-refractivity contribution in [1.82, 2.24) is 4.90 Å². The summed E-state index contributed by atoms with van der Waals surface area (Å²) < 4.78 is 11.2. The van der Waals surface area contributed by atoms with Crippen molar-refractivity contribution >= 4 is 11.6 Å². The van der Waals surface area contributed by atoms with Crippen molar-refractivity contribution in [3.63, 3.8) is 0 Å². The molecule has 0 spiro atoms. The number of ether oxygens (including phenoxy) is 2. The van der Waals surface area contributed by atoms with E-state index in [1.165, 1.54) is 0 Å². The standard InChI is InChI=1S/C17H22N2O3/c1-3-8-19(9-4-2)13-17(20)18-14-6-7-15-16(12-14)22-11-5-10-21-15/h3-4,6-7,12H,1-2,5,8-11,13H2,(H,18,20). The molecule has 0 saturated heterocycles. The van der Waals surface area contributed by atoms with Gasteiger partial charge in [-0.1, -0.05) is 12.2 Å². The van der Waals surface area contributed by atoms with Crippen LogP contribution >= 0.6 is 0 Å². The van der Waals surface area contributed by atoms with Gasteiger partial charge in [-0.15, -0.1) is 13.2 Å². The normalized spacial score (nSPS) is 13.3. The maximum atomic E-state index is 12.1. The fourth-order valence-electron chi connectivity index (χ4n) is 2.21. The molecule has 22 heavy (non-hydrogen) atoms. The SMILES string of the molecule is C=CCN(CC=C)CC(=O)Nc1ccc2c(c1)OCCCO2. The number of rotatable bonds is 7. The van der Waals surface area contributed by atoms with E-state index in [0.717, 1.165) is 12.2 Å². The van der Waals surface area contributed by atoms with Gasteiger partial charge >= 0.3 is 0 Å². The molecular formula is C17H22N2O3. The van der Waals surface area contributed by atoms with Crippen LogP contribution in [0.25, 0.3) is 0 Å². The summed E-state index contributed by atoms with van der Waals surface area (Å²) >= 11 is 0. The van der Waals surface area contributed by atoms with Crippen LogP contribution in [0.5, 0.6) is 11.5 Å². The predicted molar refractivity (Wildman–Crippen MR) is 87.5 cm³/mol. The molecular weight excluding hydrogens is 280 g/mol. The summed E-state index contributed by atoms with van der Waals surface area (Å²) in [6, 6.07) is 5.43. The molecule has 0 fully saturated rings. The fourth-order valence-corrected chi connectivity index (χ4v) is 2.21. The zero-order valence-corrected chi connectivity index (χ0v) is 12.7. The van der Waals surface area contributed by atoms with Gasteiger partial charge in [0.2, 0.25) is 5.91 Å². The second kappa shape index (κ2) is 8.24. The third-order valence-electron chi connectivity index (χ3n) is 3.17. The number of hydrogen-bond acceptors (Lipinski definition) is 4. The van der Waals surface area contributed by atoms with Gasteiger partial charge < -0.3 is 14.8 Å². The second-order valence-electron chi connectivity index (χ2n) is 5.03. The molecule has 0 aliphatic carbocycles. The van der Waals surface area contributed by atoms with E-state index in [0.29, 0.717) is 37.7 Å². The molecule has 5 heteroatoms. The Kier molecular flexibility index (Phi) is 6.03. The first-order chi connectivity index (χ1) is 10.7. The number of anilines is 1. The highest BCUT2D eigenvalue weighted by atomic mass is 16.5. The Bertz CT molecular complexity index is 533. The Balaban J connectivity index is 1.97. The highest BCUT2D eigenvalue weighted by Gasteiger charge is 2.13. The topological polar surface area (TPSA) is 50.8 Å². The molecule has 0 atom stereocenters. The zero-order chi connectivity index (χ0) is 15.8. The van der Waals surface area contributed by atoms with Gasteiger partial charge in [-0.2, -0.15) is 0 Å². The van der Waals surface area contributed by atoms with E-state index in [9.17, 15) is 4.79 Å². The largest absolute Gasteiger partial charge is 0.490 e. The van der Waals surface area contributed by atoms with Crippen LogP contribution in [0.3, 0.4) is 0 Å². The van der Waals surface area contributed by atoms with Gasteiger partial charge in [-0.25, -0.2) is 0 Å². The van der Waals surface area contributed by atoms with E-state index in [1.54, 1.807) is 18.2 Å². The summed E-state index contributed by atoms with van der Waals surface area (Å²) in [5.74, 6) is 1.30. The lowest BCUT2D eigenvalue weighted by atomic mass is 10.2. The molecule has 1 aliphatic heterocycles. The summed E-state index contributed by atoms with van der Waals surface area (Å²) in [5, 5.41) is 2.87. The first kappa shape index (κ1) is 16.1. The van der Waals surface area contributed by atoms with Gasteiger partial charge in [-0.05, 0) is 12.1 Å². The summed E-state index contributed by atoms with van der Waals surface area (Å²) in [4.78, 5) is 14.1. The van der Waals surface area contributed by atoms with Crippen LogP contribution in [0.1, 0.15) is 6.42 Å². The van der Waals surface area contributed by atoms with Crippen LogP contribution in [-0.4, -0.2) is 43.7 Å². The Hall–Kier alpha value is -2.27. The molecule has 118 valence electrons. The summed E-state index contributed by atoms with van der Waals surface area (Å²) in [6.07, 6.45) is 4.39. The minimum atomic E-state index is -0.0850. The zero-order valence-electron chi connectivity index (χ0n) is 12.7. The van der Waals surface area contributed by atoms with Gasteiger partial charge in [0.05, 0.1) is 19.8 Å². The number of amides is 1. The Morgan fingerprint density at radius 1 is 1.18 bits per heavy atom. The smallest absolute Gasteiger partial charge is 0.238 e. The molecule has 0 radical (unpaired) electrons. The monoisotopic (exact) mass is 302 g/mol. The summed E-state index contributed by atoms with van der Waals surface area (Å²) in [5.41, 5.74) is 0.700. The predicted octanol–water partition coefficient (Wildman–Crippen LogP) is 2.46. The summed E-state index contributed by atoms with van der Waals surface area (Å²) in [6.45, 7) is 10.2. The Morgan fingerprint density at radius 2 is 1.86 bits per heavy atom. The van der Waals surface area contributed by atoms with Crippen LogP contribution in [0.2, 0.25) is 0 Å². The molecule has 0 aromatic heterocycles. The number of benzene rings is 1. The van der Waals surface area contributed by atoms with E-state index in [4.69, 9.17) is 9.47 Å². The molecule has 5 nitrogen and oxygen atoms in total. The average molecular weight is 302 g/mol. The van der Waals surface area contributed by atoms with E-state index in [2.05, 4.69) is 18.5 Å². The molecule has 1 aliphatic rings. The maximum Gasteiger partial charge on any atom is 0.238 e. The van der Waals surface area contributed by atoms with Gasteiger partial charge in [0.1, 0.15) is 0 Å². The van der Waals surface area contributed by atoms with Gasteiger partial charge in [0, 0.05) is 31.3 Å². The third kappa shape index (κ3) is 4.63. The van der Waals surface area contributed by atoms with Crippen molar-refractivity contribution < 1.29 is 14.3 Å². The lowest BCUT2D eigenvalue weighted by molar-refractivity contribution is -0.117. The highest BCUT2D eigenvalue weighted by Crippen LogP contribution is 2.32. The number of carbonyl (C=O) groups is 1. The van der Waals surface area contributed by atoms with Crippen molar-refractivity contribution in [3.8, 4) is 11.5 Å². The summed E-state index contributed by atoms with van der Waals surface area (Å²) in [7, 11) is 0. The van der Waals surface area contributed by atoms with Crippen molar-refractivity contribution in [3.05, 3.63) is 43.5 Å². The first-order valence-electron chi connectivity index (χ1n) is 7.36. The second-order valence-corrected chi connectivity index (χ2v) is 5.03. The number of nitrogens with zero attached hydrogens (tertiary/aromatic N) is 1. The van der Waals surface area contributed by atoms with Crippen molar-refractivity contribution in [1.29, 1.82) is 0 Å². The highest BCUT2D eigenvalue weighted by molar-refractivity contribution is 5.92. The van der Waals surface area contributed by atoms with Crippen LogP contribution in [0, 0.1) is 0 Å². The van der Waals surface area contributed by atoms with Crippen LogP contribution in [0.15, 0.2) is 43.5 Å². The number of fused-ring (bicyclic) bond motifs is 1. The number of hydrogen-bond donors (Lipinski definition) is 1.